The number of Topliss-reactive ketones (excluding diaryl/α,β-unsaturated/α-hetero) is 1. The number of allylic oxidation sites excluding steroid dienone is 1. The van der Waals surface area contributed by atoms with Gasteiger partial charge in [0.25, 0.3) is 0 Å². The van der Waals surface area contributed by atoms with Crippen molar-refractivity contribution < 1.29 is 18.0 Å². The van der Waals surface area contributed by atoms with E-state index in [1.54, 1.807) is 12.1 Å². The molecule has 0 fully saturated rings. The minimum Gasteiger partial charge on any atom is -0.294 e. The van der Waals surface area contributed by atoms with Gasteiger partial charge in [0.2, 0.25) is 0 Å². The van der Waals surface area contributed by atoms with Gasteiger partial charge >= 0.3 is 6.18 Å². The summed E-state index contributed by atoms with van der Waals surface area (Å²) in [5.74, 6) is -0.0973. The largest absolute Gasteiger partial charge is 0.414 e. The molecule has 0 amide bonds. The molecule has 0 saturated heterocycles. The first-order valence-corrected chi connectivity index (χ1v) is 6.63. The van der Waals surface area contributed by atoms with Crippen LogP contribution in [-0.4, -0.2) is 24.2 Å². The minimum absolute atomic E-state index is 0.0973. The number of aliphatic imine (C=N–C) groups is 1. The van der Waals surface area contributed by atoms with Crippen LogP contribution in [0.3, 0.4) is 0 Å². The van der Waals surface area contributed by atoms with Crippen LogP contribution in [0.2, 0.25) is 0 Å². The normalized spacial score (nSPS) is 14.4. The molecule has 1 aliphatic heterocycles. The summed E-state index contributed by atoms with van der Waals surface area (Å²) in [4.78, 5) is 16.0. The Kier molecular flexibility index (Phi) is 5.05. The second-order valence-electron chi connectivity index (χ2n) is 3.59. The predicted octanol–water partition coefficient (Wildman–Crippen LogP) is 4.27. The van der Waals surface area contributed by atoms with Crippen molar-refractivity contribution in [3.8, 4) is 0 Å². The van der Waals surface area contributed by atoms with Gasteiger partial charge in [-0.05, 0) is 25.1 Å². The molecule has 0 unspecified atom stereocenters. The Balaban J connectivity index is 0.000000861. The highest BCUT2D eigenvalue weighted by Crippen LogP contribution is 2.30. The van der Waals surface area contributed by atoms with Crippen LogP contribution < -0.4 is 0 Å². The molecule has 0 saturated carbocycles. The second kappa shape index (κ2) is 6.14. The van der Waals surface area contributed by atoms with Gasteiger partial charge in [0, 0.05) is 0 Å². The Hall–Kier alpha value is -1.43. The standard InChI is InChI=1S/C11H8F3NOS.C2H6/c1-6(16)9-2-3-10(17-9)8-4-7(5-15-8)11(12,13)14;1-2/h2-4H,5H2,1H3;1-2H3. The highest BCUT2D eigenvalue weighted by molar-refractivity contribution is 7.16. The van der Waals surface area contributed by atoms with Crippen LogP contribution in [0.15, 0.2) is 28.8 Å². The molecule has 1 aromatic rings. The molecule has 2 rings (SSSR count). The first kappa shape index (κ1) is 15.6. The lowest BCUT2D eigenvalue weighted by Crippen LogP contribution is -2.12. The number of ketones is 1. The lowest BCUT2D eigenvalue weighted by molar-refractivity contribution is -0.0916. The van der Waals surface area contributed by atoms with Crippen LogP contribution >= 0.6 is 11.3 Å². The zero-order chi connectivity index (χ0) is 14.6. The van der Waals surface area contributed by atoms with Crippen LogP contribution in [0.5, 0.6) is 0 Å². The zero-order valence-electron chi connectivity index (χ0n) is 10.8. The minimum atomic E-state index is -4.33. The lowest BCUT2D eigenvalue weighted by Gasteiger charge is -2.04. The summed E-state index contributed by atoms with van der Waals surface area (Å²) in [6, 6.07) is 3.22. The smallest absolute Gasteiger partial charge is 0.294 e. The van der Waals surface area contributed by atoms with Gasteiger partial charge in [0.05, 0.1) is 27.6 Å². The monoisotopic (exact) mass is 289 g/mol. The molecule has 0 spiro atoms. The number of hydrogen-bond acceptors (Lipinski definition) is 3. The topological polar surface area (TPSA) is 29.4 Å². The molecule has 0 aliphatic carbocycles. The molecular formula is C13H14F3NOS. The van der Waals surface area contributed by atoms with Gasteiger partial charge in [-0.3, -0.25) is 9.79 Å². The number of rotatable bonds is 2. The van der Waals surface area contributed by atoms with E-state index < -0.39 is 11.7 Å². The number of hydrogen-bond donors (Lipinski definition) is 0. The van der Waals surface area contributed by atoms with E-state index in [0.29, 0.717) is 15.5 Å². The molecule has 0 N–H and O–H groups in total. The summed E-state index contributed by atoms with van der Waals surface area (Å²) >= 11 is 1.16. The van der Waals surface area contributed by atoms with Gasteiger partial charge in [-0.1, -0.05) is 13.8 Å². The summed E-state index contributed by atoms with van der Waals surface area (Å²) in [5.41, 5.74) is -0.347. The fourth-order valence-electron chi connectivity index (χ4n) is 1.41. The summed E-state index contributed by atoms with van der Waals surface area (Å²) in [7, 11) is 0. The van der Waals surface area contributed by atoms with E-state index in [9.17, 15) is 18.0 Å². The Morgan fingerprint density at radius 1 is 1.32 bits per heavy atom. The Bertz CT molecular complexity index is 526. The fourth-order valence-corrected chi connectivity index (χ4v) is 2.29. The van der Waals surface area contributed by atoms with Crippen molar-refractivity contribution in [3.63, 3.8) is 0 Å². The molecule has 19 heavy (non-hydrogen) atoms. The molecule has 1 aromatic heterocycles. The molecule has 0 atom stereocenters. The number of nitrogens with zero attached hydrogens (tertiary/aromatic N) is 1. The van der Waals surface area contributed by atoms with E-state index in [-0.39, 0.29) is 12.3 Å². The number of carbonyl (C=O) groups is 1. The van der Waals surface area contributed by atoms with Crippen LogP contribution in [0, 0.1) is 0 Å². The zero-order valence-corrected chi connectivity index (χ0v) is 11.7. The van der Waals surface area contributed by atoms with Gasteiger partial charge in [-0.2, -0.15) is 13.2 Å². The van der Waals surface area contributed by atoms with Gasteiger partial charge < -0.3 is 0 Å². The summed E-state index contributed by atoms with van der Waals surface area (Å²) < 4.78 is 37.2. The van der Waals surface area contributed by atoms with E-state index in [0.717, 1.165) is 17.4 Å². The molecule has 6 heteroatoms. The maximum Gasteiger partial charge on any atom is 0.414 e. The summed E-state index contributed by atoms with van der Waals surface area (Å²) in [5, 5.41) is 0. The second-order valence-corrected chi connectivity index (χ2v) is 4.67. The Morgan fingerprint density at radius 3 is 2.37 bits per heavy atom. The Morgan fingerprint density at radius 2 is 1.95 bits per heavy atom. The third-order valence-corrected chi connectivity index (χ3v) is 3.51. The van der Waals surface area contributed by atoms with Crippen LogP contribution in [0.4, 0.5) is 13.2 Å². The molecule has 0 bridgehead atoms. The number of halogens is 3. The predicted molar refractivity (Wildman–Crippen MR) is 71.2 cm³/mol. The molecule has 0 radical (unpaired) electrons. The number of thiophene rings is 1. The van der Waals surface area contributed by atoms with Crippen molar-refractivity contribution in [1.82, 2.24) is 0 Å². The van der Waals surface area contributed by atoms with Crippen molar-refractivity contribution in [2.45, 2.75) is 26.9 Å². The average Bonchev–Trinajstić information content (AvgIpc) is 2.99. The summed E-state index contributed by atoms with van der Waals surface area (Å²) in [6.07, 6.45) is -3.29. The number of carbonyl (C=O) groups excluding carboxylic acids is 1. The highest BCUT2D eigenvalue weighted by Gasteiger charge is 2.35. The van der Waals surface area contributed by atoms with Crippen molar-refractivity contribution >= 4 is 22.8 Å². The van der Waals surface area contributed by atoms with E-state index in [1.807, 2.05) is 13.8 Å². The average molecular weight is 289 g/mol. The number of alkyl halides is 3. The maximum absolute atomic E-state index is 12.4. The fraction of sp³-hybridized carbons (Fsp3) is 0.385. The summed E-state index contributed by atoms with van der Waals surface area (Å²) in [6.45, 7) is 5.08. The molecule has 104 valence electrons. The van der Waals surface area contributed by atoms with Crippen molar-refractivity contribution in [2.24, 2.45) is 4.99 Å². The van der Waals surface area contributed by atoms with Crippen molar-refractivity contribution in [1.29, 1.82) is 0 Å². The van der Waals surface area contributed by atoms with Crippen molar-refractivity contribution in [2.75, 3.05) is 6.54 Å². The van der Waals surface area contributed by atoms with Gasteiger partial charge in [-0.15, -0.1) is 11.3 Å². The lowest BCUT2D eigenvalue weighted by atomic mass is 10.2. The van der Waals surface area contributed by atoms with Crippen LogP contribution in [-0.2, 0) is 0 Å². The van der Waals surface area contributed by atoms with Crippen LogP contribution in [0.1, 0.15) is 35.3 Å². The quantitative estimate of drug-likeness (QED) is 0.748. The van der Waals surface area contributed by atoms with Crippen molar-refractivity contribution in [3.05, 3.63) is 33.5 Å². The van der Waals surface area contributed by atoms with Gasteiger partial charge in [0.1, 0.15) is 0 Å². The highest BCUT2D eigenvalue weighted by atomic mass is 32.1. The third kappa shape index (κ3) is 3.76. The SMILES string of the molecule is CC.CC(=O)c1ccc(C2=NCC(C(F)(F)F)=C2)s1. The molecular weight excluding hydrogens is 275 g/mol. The third-order valence-electron chi connectivity index (χ3n) is 2.30. The molecule has 1 aliphatic rings. The first-order valence-electron chi connectivity index (χ1n) is 5.81. The maximum atomic E-state index is 12.4. The van der Waals surface area contributed by atoms with E-state index >= 15 is 0 Å². The molecule has 2 nitrogen and oxygen atoms in total. The molecule has 2 heterocycles. The first-order chi connectivity index (χ1) is 8.88. The Labute approximate surface area is 113 Å². The van der Waals surface area contributed by atoms with Gasteiger partial charge in [0.15, 0.2) is 5.78 Å². The van der Waals surface area contributed by atoms with E-state index in [2.05, 4.69) is 4.99 Å². The van der Waals surface area contributed by atoms with Gasteiger partial charge in [-0.25, -0.2) is 0 Å². The molecule has 0 aromatic carbocycles. The van der Waals surface area contributed by atoms with E-state index in [1.165, 1.54) is 6.92 Å². The van der Waals surface area contributed by atoms with Crippen LogP contribution in [0.25, 0.3) is 0 Å². The van der Waals surface area contributed by atoms with E-state index in [4.69, 9.17) is 0 Å².